The van der Waals surface area contributed by atoms with E-state index in [4.69, 9.17) is 0 Å². The molecule has 1 aliphatic rings. The number of rotatable bonds is 4. The number of aryl methyl sites for hydroxylation is 2. The summed E-state index contributed by atoms with van der Waals surface area (Å²) in [4.78, 5) is 6.36. The molecule has 8 heteroatoms. The number of nitrogens with zero attached hydrogens (tertiary/aromatic N) is 5. The Bertz CT molecular complexity index is 716. The Kier molecular flexibility index (Phi) is 4.42. The lowest BCUT2D eigenvalue weighted by Crippen LogP contribution is -2.27. The van der Waals surface area contributed by atoms with Gasteiger partial charge in [-0.3, -0.25) is 9.58 Å². The molecule has 0 bridgehead atoms. The van der Waals surface area contributed by atoms with Gasteiger partial charge in [-0.05, 0) is 33.2 Å². The maximum Gasteiger partial charge on any atom is 0.406 e. The Morgan fingerprint density at radius 3 is 2.67 bits per heavy atom. The molecular weight excluding hydrogens is 319 g/mol. The summed E-state index contributed by atoms with van der Waals surface area (Å²) in [6, 6.07) is 0.190. The highest BCUT2D eigenvalue weighted by molar-refractivity contribution is 5.29. The van der Waals surface area contributed by atoms with Crippen molar-refractivity contribution in [3.63, 3.8) is 0 Å². The Morgan fingerprint density at radius 1 is 1.29 bits per heavy atom. The predicted molar refractivity (Wildman–Crippen MR) is 83.3 cm³/mol. The molecule has 3 rings (SSSR count). The van der Waals surface area contributed by atoms with Gasteiger partial charge in [-0.2, -0.15) is 18.3 Å². The fraction of sp³-hybridized carbons (Fsp3) is 0.625. The monoisotopic (exact) mass is 341 g/mol. The first-order valence-electron chi connectivity index (χ1n) is 8.07. The van der Waals surface area contributed by atoms with Crippen LogP contribution >= 0.6 is 0 Å². The van der Waals surface area contributed by atoms with Crippen LogP contribution in [0.3, 0.4) is 0 Å². The first-order valence-corrected chi connectivity index (χ1v) is 8.07. The summed E-state index contributed by atoms with van der Waals surface area (Å²) in [7, 11) is 1.92. The van der Waals surface area contributed by atoms with E-state index in [-0.39, 0.29) is 6.04 Å². The smallest absolute Gasteiger partial charge is 0.325 e. The lowest BCUT2D eigenvalue weighted by molar-refractivity contribution is -0.141. The van der Waals surface area contributed by atoms with Crippen molar-refractivity contribution >= 4 is 0 Å². The van der Waals surface area contributed by atoms with Crippen LogP contribution < -0.4 is 0 Å². The van der Waals surface area contributed by atoms with E-state index in [0.29, 0.717) is 12.4 Å². The van der Waals surface area contributed by atoms with Crippen LogP contribution in [0.5, 0.6) is 0 Å². The molecule has 2 aromatic heterocycles. The Hall–Kier alpha value is -1.83. The van der Waals surface area contributed by atoms with Gasteiger partial charge in [-0.25, -0.2) is 4.98 Å². The van der Waals surface area contributed by atoms with Crippen LogP contribution in [0.25, 0.3) is 0 Å². The number of imidazole rings is 1. The fourth-order valence-electron chi connectivity index (χ4n) is 3.62. The zero-order valence-corrected chi connectivity index (χ0v) is 14.1. The van der Waals surface area contributed by atoms with E-state index in [0.717, 1.165) is 30.8 Å². The van der Waals surface area contributed by atoms with Gasteiger partial charge in [-0.15, -0.1) is 0 Å². The van der Waals surface area contributed by atoms with E-state index in [9.17, 15) is 13.2 Å². The third kappa shape index (κ3) is 3.33. The third-order valence-corrected chi connectivity index (χ3v) is 4.76. The third-order valence-electron chi connectivity index (χ3n) is 4.76. The number of aromatic nitrogens is 4. The molecule has 0 N–H and O–H groups in total. The van der Waals surface area contributed by atoms with Gasteiger partial charge in [0.1, 0.15) is 12.4 Å². The number of hydrogen-bond donors (Lipinski definition) is 0. The fourth-order valence-corrected chi connectivity index (χ4v) is 3.62. The van der Waals surface area contributed by atoms with E-state index in [2.05, 4.69) is 15.0 Å². The Labute approximate surface area is 139 Å². The van der Waals surface area contributed by atoms with E-state index >= 15 is 0 Å². The van der Waals surface area contributed by atoms with Gasteiger partial charge in [-0.1, -0.05) is 0 Å². The van der Waals surface area contributed by atoms with E-state index < -0.39 is 12.7 Å². The summed E-state index contributed by atoms with van der Waals surface area (Å²) in [6.07, 6.45) is 0.614. The van der Waals surface area contributed by atoms with Crippen LogP contribution in [-0.4, -0.2) is 37.0 Å². The molecule has 132 valence electrons. The molecule has 0 aromatic carbocycles. The Balaban J connectivity index is 1.82. The van der Waals surface area contributed by atoms with Gasteiger partial charge in [0.05, 0.1) is 12.2 Å². The van der Waals surface area contributed by atoms with Gasteiger partial charge in [0.2, 0.25) is 0 Å². The first kappa shape index (κ1) is 17.0. The second-order valence-electron chi connectivity index (χ2n) is 6.42. The highest BCUT2D eigenvalue weighted by Gasteiger charge is 2.33. The van der Waals surface area contributed by atoms with E-state index in [1.165, 1.54) is 22.5 Å². The average molecular weight is 341 g/mol. The molecule has 1 saturated heterocycles. The van der Waals surface area contributed by atoms with Gasteiger partial charge in [0.15, 0.2) is 0 Å². The summed E-state index contributed by atoms with van der Waals surface area (Å²) in [6.45, 7) is 4.31. The summed E-state index contributed by atoms with van der Waals surface area (Å²) >= 11 is 0. The van der Waals surface area contributed by atoms with Gasteiger partial charge >= 0.3 is 6.18 Å². The molecule has 1 fully saturated rings. The van der Waals surface area contributed by atoms with Gasteiger partial charge in [0.25, 0.3) is 0 Å². The average Bonchev–Trinajstić information content (AvgIpc) is 3.13. The van der Waals surface area contributed by atoms with Crippen LogP contribution in [0, 0.1) is 13.8 Å². The van der Waals surface area contributed by atoms with Crippen molar-refractivity contribution in [2.75, 3.05) is 6.54 Å². The Morgan fingerprint density at radius 2 is 2.04 bits per heavy atom. The lowest BCUT2D eigenvalue weighted by Gasteiger charge is -2.25. The van der Waals surface area contributed by atoms with Crippen molar-refractivity contribution in [2.24, 2.45) is 7.05 Å². The molecule has 2 aromatic rings. The summed E-state index contributed by atoms with van der Waals surface area (Å²) in [5.74, 6) is 0.457. The molecule has 1 aliphatic heterocycles. The minimum Gasteiger partial charge on any atom is -0.325 e. The topological polar surface area (TPSA) is 38.9 Å². The minimum absolute atomic E-state index is 0.190. The highest BCUT2D eigenvalue weighted by atomic mass is 19.4. The molecule has 1 atom stereocenters. The SMILES string of the molecule is Cc1nn(C)c(C)c1[C@@H]1CCCN1Cc1nccn1CC(F)(F)F. The molecular formula is C16H22F3N5. The van der Waals surface area contributed by atoms with Crippen molar-refractivity contribution in [2.45, 2.75) is 52.0 Å². The van der Waals surface area contributed by atoms with Crippen LogP contribution in [0.2, 0.25) is 0 Å². The minimum atomic E-state index is -4.24. The quantitative estimate of drug-likeness (QED) is 0.858. The number of hydrogen-bond acceptors (Lipinski definition) is 3. The molecule has 0 unspecified atom stereocenters. The molecule has 0 saturated carbocycles. The zero-order chi connectivity index (χ0) is 17.5. The normalized spacial score (nSPS) is 19.3. The van der Waals surface area contributed by atoms with Crippen molar-refractivity contribution < 1.29 is 13.2 Å². The number of likely N-dealkylation sites (tertiary alicyclic amines) is 1. The second-order valence-corrected chi connectivity index (χ2v) is 6.42. The van der Waals surface area contributed by atoms with Gasteiger partial charge in [0, 0.05) is 36.7 Å². The van der Waals surface area contributed by atoms with E-state index in [1.807, 2.05) is 25.6 Å². The maximum atomic E-state index is 12.7. The van der Waals surface area contributed by atoms with Crippen molar-refractivity contribution in [3.05, 3.63) is 35.2 Å². The van der Waals surface area contributed by atoms with Crippen molar-refractivity contribution in [3.8, 4) is 0 Å². The molecule has 0 spiro atoms. The molecule has 24 heavy (non-hydrogen) atoms. The highest BCUT2D eigenvalue weighted by Crippen LogP contribution is 2.36. The van der Waals surface area contributed by atoms with Crippen molar-refractivity contribution in [1.29, 1.82) is 0 Å². The molecule has 5 nitrogen and oxygen atoms in total. The zero-order valence-electron chi connectivity index (χ0n) is 14.1. The van der Waals surface area contributed by atoms with Gasteiger partial charge < -0.3 is 4.57 Å². The standard InChI is InChI=1S/C16H22F3N5/c1-11-15(12(2)22(3)21-11)13-5-4-7-23(13)9-14-20-6-8-24(14)10-16(17,18)19/h6,8,13H,4-5,7,9-10H2,1-3H3/t13-/m0/s1. The van der Waals surface area contributed by atoms with Crippen LogP contribution in [0.1, 0.15) is 41.7 Å². The van der Waals surface area contributed by atoms with Crippen molar-refractivity contribution in [1.82, 2.24) is 24.2 Å². The molecule has 3 heterocycles. The second kappa shape index (κ2) is 6.23. The largest absolute Gasteiger partial charge is 0.406 e. The van der Waals surface area contributed by atoms with Crippen LogP contribution in [0.4, 0.5) is 13.2 Å². The summed E-state index contributed by atoms with van der Waals surface area (Å²) in [5, 5.41) is 4.47. The summed E-state index contributed by atoms with van der Waals surface area (Å²) < 4.78 is 41.1. The molecule has 0 aliphatic carbocycles. The predicted octanol–water partition coefficient (Wildman–Crippen LogP) is 3.13. The van der Waals surface area contributed by atoms with Crippen LogP contribution in [-0.2, 0) is 20.1 Å². The number of halogens is 3. The molecule has 0 amide bonds. The first-order chi connectivity index (χ1) is 11.3. The van der Waals surface area contributed by atoms with E-state index in [1.54, 1.807) is 0 Å². The lowest BCUT2D eigenvalue weighted by atomic mass is 10.0. The number of alkyl halides is 3. The maximum absolute atomic E-state index is 12.7. The molecule has 0 radical (unpaired) electrons. The summed E-state index contributed by atoms with van der Waals surface area (Å²) in [5.41, 5.74) is 3.30. The van der Waals surface area contributed by atoms with Crippen LogP contribution in [0.15, 0.2) is 12.4 Å².